The normalized spacial score (nSPS) is 13.8. The van der Waals surface area contributed by atoms with Gasteiger partial charge < -0.3 is 10.6 Å². The van der Waals surface area contributed by atoms with Gasteiger partial charge in [0.15, 0.2) is 0 Å². The molecular formula is C15H16F2N4. The molecule has 1 aliphatic rings. The van der Waals surface area contributed by atoms with Crippen molar-refractivity contribution in [3.05, 3.63) is 48.1 Å². The number of benzene rings is 1. The number of anilines is 1. The van der Waals surface area contributed by atoms with Gasteiger partial charge >= 0.3 is 0 Å². The number of nitrogens with two attached hydrogens (primary N) is 1. The smallest absolute Gasteiger partial charge is 0.264 e. The largest absolute Gasteiger partial charge is 0.386 e. The first-order valence-electron chi connectivity index (χ1n) is 6.63. The fourth-order valence-corrected chi connectivity index (χ4v) is 2.74. The molecule has 6 heteroatoms. The van der Waals surface area contributed by atoms with Crippen molar-refractivity contribution in [1.29, 1.82) is 0 Å². The zero-order valence-corrected chi connectivity index (χ0v) is 11.7. The summed E-state index contributed by atoms with van der Waals surface area (Å²) in [5.41, 5.74) is 8.67. The van der Waals surface area contributed by atoms with Gasteiger partial charge in [-0.3, -0.25) is 4.68 Å². The SMILES string of the molecule is C=C(N)N1CCc2cc(-c3cnn(C)c3)c(C(F)F)cc21. The third kappa shape index (κ3) is 2.26. The maximum atomic E-state index is 13.4. The van der Waals surface area contributed by atoms with Crippen molar-refractivity contribution in [1.82, 2.24) is 9.78 Å². The Bertz CT molecular complexity index is 706. The molecule has 4 nitrogen and oxygen atoms in total. The molecule has 1 aromatic heterocycles. The Balaban J connectivity index is 2.16. The van der Waals surface area contributed by atoms with Gasteiger partial charge in [0.25, 0.3) is 6.43 Å². The predicted molar refractivity (Wildman–Crippen MR) is 78.0 cm³/mol. The number of aryl methyl sites for hydroxylation is 1. The first-order chi connectivity index (χ1) is 9.97. The summed E-state index contributed by atoms with van der Waals surface area (Å²) < 4.78 is 28.4. The van der Waals surface area contributed by atoms with Gasteiger partial charge in [-0.05, 0) is 29.7 Å². The van der Waals surface area contributed by atoms with E-state index < -0.39 is 6.43 Å². The van der Waals surface area contributed by atoms with Crippen molar-refractivity contribution < 1.29 is 8.78 Å². The molecule has 0 bridgehead atoms. The van der Waals surface area contributed by atoms with E-state index in [4.69, 9.17) is 5.73 Å². The highest BCUT2D eigenvalue weighted by Gasteiger charge is 2.25. The maximum Gasteiger partial charge on any atom is 0.264 e. The van der Waals surface area contributed by atoms with Crippen LogP contribution in [0.3, 0.4) is 0 Å². The van der Waals surface area contributed by atoms with Crippen LogP contribution in [0.4, 0.5) is 14.5 Å². The fourth-order valence-electron chi connectivity index (χ4n) is 2.74. The number of halogens is 2. The zero-order valence-electron chi connectivity index (χ0n) is 11.7. The van der Waals surface area contributed by atoms with Crippen molar-refractivity contribution in [2.45, 2.75) is 12.8 Å². The van der Waals surface area contributed by atoms with Crippen LogP contribution >= 0.6 is 0 Å². The van der Waals surface area contributed by atoms with Crippen molar-refractivity contribution in [2.75, 3.05) is 11.4 Å². The fraction of sp³-hybridized carbons (Fsp3) is 0.267. The minimum atomic E-state index is -2.56. The maximum absolute atomic E-state index is 13.4. The van der Waals surface area contributed by atoms with E-state index in [1.54, 1.807) is 29.0 Å². The Morgan fingerprint density at radius 1 is 1.43 bits per heavy atom. The lowest BCUT2D eigenvalue weighted by Gasteiger charge is -2.20. The zero-order chi connectivity index (χ0) is 15.1. The molecule has 1 aliphatic heterocycles. The lowest BCUT2D eigenvalue weighted by Crippen LogP contribution is -2.24. The van der Waals surface area contributed by atoms with Crippen molar-refractivity contribution >= 4 is 5.69 Å². The van der Waals surface area contributed by atoms with E-state index in [-0.39, 0.29) is 5.56 Å². The summed E-state index contributed by atoms with van der Waals surface area (Å²) in [6, 6.07) is 3.34. The summed E-state index contributed by atoms with van der Waals surface area (Å²) in [5, 5.41) is 4.06. The van der Waals surface area contributed by atoms with Gasteiger partial charge in [-0.15, -0.1) is 0 Å². The number of alkyl halides is 2. The Labute approximate surface area is 121 Å². The number of aromatic nitrogens is 2. The topological polar surface area (TPSA) is 47.1 Å². The second kappa shape index (κ2) is 4.87. The van der Waals surface area contributed by atoms with E-state index in [1.807, 2.05) is 6.07 Å². The lowest BCUT2D eigenvalue weighted by atomic mass is 9.98. The van der Waals surface area contributed by atoms with Crippen LogP contribution in [0.15, 0.2) is 36.9 Å². The second-order valence-corrected chi connectivity index (χ2v) is 5.16. The number of hydrogen-bond donors (Lipinski definition) is 1. The number of fused-ring (bicyclic) bond motifs is 1. The van der Waals surface area contributed by atoms with Crippen LogP contribution in [0.25, 0.3) is 11.1 Å². The average molecular weight is 290 g/mol. The van der Waals surface area contributed by atoms with Crippen LogP contribution in [0.5, 0.6) is 0 Å². The molecule has 0 saturated heterocycles. The van der Waals surface area contributed by atoms with Gasteiger partial charge in [0.05, 0.1) is 12.0 Å². The summed E-state index contributed by atoms with van der Waals surface area (Å²) in [4.78, 5) is 1.77. The molecule has 0 fully saturated rings. The van der Waals surface area contributed by atoms with Gasteiger partial charge in [-0.25, -0.2) is 8.78 Å². The molecule has 2 aromatic rings. The van der Waals surface area contributed by atoms with Crippen LogP contribution in [0, 0.1) is 0 Å². The molecule has 0 amide bonds. The van der Waals surface area contributed by atoms with Crippen LogP contribution in [-0.4, -0.2) is 16.3 Å². The Morgan fingerprint density at radius 3 is 2.76 bits per heavy atom. The monoisotopic (exact) mass is 290 g/mol. The minimum Gasteiger partial charge on any atom is -0.386 e. The molecule has 1 aromatic carbocycles. The van der Waals surface area contributed by atoms with Gasteiger partial charge in [0.2, 0.25) is 0 Å². The third-order valence-corrected chi connectivity index (χ3v) is 3.74. The summed E-state index contributed by atoms with van der Waals surface area (Å²) in [6.07, 6.45) is 1.55. The van der Waals surface area contributed by atoms with E-state index in [1.165, 1.54) is 6.07 Å². The van der Waals surface area contributed by atoms with Gasteiger partial charge in [0.1, 0.15) is 0 Å². The van der Waals surface area contributed by atoms with Gasteiger partial charge in [0, 0.05) is 36.6 Å². The molecule has 2 N–H and O–H groups in total. The van der Waals surface area contributed by atoms with Crippen molar-refractivity contribution in [3.8, 4) is 11.1 Å². The van der Waals surface area contributed by atoms with Gasteiger partial charge in [-0.2, -0.15) is 5.10 Å². The lowest BCUT2D eigenvalue weighted by molar-refractivity contribution is 0.152. The first kappa shape index (κ1) is 13.6. The quantitative estimate of drug-likeness (QED) is 0.945. The van der Waals surface area contributed by atoms with Crippen molar-refractivity contribution in [2.24, 2.45) is 12.8 Å². The standard InChI is InChI=1S/C15H16F2N4/c1-9(18)21-4-3-10-5-12(11-7-19-20(2)8-11)13(15(16)17)6-14(10)21/h5-8,15H,1,3-4,18H2,2H3. The van der Waals surface area contributed by atoms with Gasteiger partial charge in [-0.1, -0.05) is 6.58 Å². The predicted octanol–water partition coefficient (Wildman–Crippen LogP) is 2.82. The molecule has 2 heterocycles. The average Bonchev–Trinajstić information content (AvgIpc) is 3.02. The molecule has 3 rings (SSSR count). The van der Waals surface area contributed by atoms with Crippen LogP contribution in [0.1, 0.15) is 17.6 Å². The Hall–Kier alpha value is -2.37. The van der Waals surface area contributed by atoms with E-state index in [0.717, 1.165) is 17.7 Å². The second-order valence-electron chi connectivity index (χ2n) is 5.16. The van der Waals surface area contributed by atoms with Crippen molar-refractivity contribution in [3.63, 3.8) is 0 Å². The molecule has 0 aliphatic carbocycles. The number of hydrogen-bond acceptors (Lipinski definition) is 3. The molecule has 21 heavy (non-hydrogen) atoms. The van der Waals surface area contributed by atoms with E-state index >= 15 is 0 Å². The Kier molecular flexibility index (Phi) is 3.16. The summed E-state index contributed by atoms with van der Waals surface area (Å²) in [6.45, 7) is 4.37. The summed E-state index contributed by atoms with van der Waals surface area (Å²) >= 11 is 0. The van der Waals surface area contributed by atoms with Crippen LogP contribution < -0.4 is 10.6 Å². The molecule has 110 valence electrons. The van der Waals surface area contributed by atoms with Crippen LogP contribution in [0.2, 0.25) is 0 Å². The van der Waals surface area contributed by atoms with E-state index in [2.05, 4.69) is 11.7 Å². The van der Waals surface area contributed by atoms with Crippen LogP contribution in [-0.2, 0) is 13.5 Å². The number of nitrogens with zero attached hydrogens (tertiary/aromatic N) is 3. The van der Waals surface area contributed by atoms with E-state index in [0.29, 0.717) is 23.5 Å². The highest BCUT2D eigenvalue weighted by atomic mass is 19.3. The molecule has 0 atom stereocenters. The highest BCUT2D eigenvalue weighted by Crippen LogP contribution is 2.39. The third-order valence-electron chi connectivity index (χ3n) is 3.74. The Morgan fingerprint density at radius 2 is 2.19 bits per heavy atom. The molecule has 0 spiro atoms. The number of rotatable bonds is 3. The molecule has 0 radical (unpaired) electrons. The highest BCUT2D eigenvalue weighted by molar-refractivity contribution is 5.75. The molecular weight excluding hydrogens is 274 g/mol. The minimum absolute atomic E-state index is 0.00472. The summed E-state index contributed by atoms with van der Waals surface area (Å²) in [5.74, 6) is 0.378. The van der Waals surface area contributed by atoms with E-state index in [9.17, 15) is 8.78 Å². The molecule has 0 saturated carbocycles. The summed E-state index contributed by atoms with van der Waals surface area (Å²) in [7, 11) is 1.76. The first-order valence-corrected chi connectivity index (χ1v) is 6.63. The molecule has 0 unspecified atom stereocenters.